The predicted octanol–water partition coefficient (Wildman–Crippen LogP) is 2.69. The van der Waals surface area contributed by atoms with E-state index in [4.69, 9.17) is 9.63 Å². The summed E-state index contributed by atoms with van der Waals surface area (Å²) in [5.74, 6) is -0.296. The Balaban J connectivity index is 1.88. The minimum Gasteiger partial charge on any atom is -0.481 e. The van der Waals surface area contributed by atoms with E-state index in [9.17, 15) is 9.59 Å². The molecule has 1 atom stereocenters. The van der Waals surface area contributed by atoms with Crippen molar-refractivity contribution >= 4 is 12.0 Å². The second kappa shape index (κ2) is 7.48. The third-order valence-electron chi connectivity index (χ3n) is 4.56. The molecule has 0 aliphatic heterocycles. The summed E-state index contributed by atoms with van der Waals surface area (Å²) < 4.78 is 5.17. The predicted molar refractivity (Wildman–Crippen MR) is 84.1 cm³/mol. The zero-order valence-corrected chi connectivity index (χ0v) is 13.9. The number of carboxylic acid groups (broad SMARTS) is 1. The van der Waals surface area contributed by atoms with E-state index in [1.807, 2.05) is 20.8 Å². The number of carbonyl (C=O) groups is 2. The number of carbonyl (C=O) groups excluding carboxylic acids is 1. The maximum atomic E-state index is 12.2. The molecule has 1 saturated carbocycles. The van der Waals surface area contributed by atoms with Gasteiger partial charge in [0.2, 0.25) is 0 Å². The van der Waals surface area contributed by atoms with Gasteiger partial charge in [0.25, 0.3) is 0 Å². The molecule has 1 unspecified atom stereocenters. The van der Waals surface area contributed by atoms with Gasteiger partial charge in [-0.1, -0.05) is 12.1 Å². The van der Waals surface area contributed by atoms with E-state index in [1.54, 1.807) is 0 Å². The lowest BCUT2D eigenvalue weighted by molar-refractivity contribution is -0.142. The molecule has 1 aromatic rings. The van der Waals surface area contributed by atoms with Crippen LogP contribution in [-0.4, -0.2) is 28.3 Å². The van der Waals surface area contributed by atoms with Crippen molar-refractivity contribution in [2.24, 2.45) is 5.92 Å². The summed E-state index contributed by atoms with van der Waals surface area (Å²) in [7, 11) is 0. The van der Waals surface area contributed by atoms with E-state index in [-0.39, 0.29) is 24.0 Å². The molecule has 0 saturated heterocycles. The van der Waals surface area contributed by atoms with Crippen LogP contribution in [0.5, 0.6) is 0 Å². The zero-order chi connectivity index (χ0) is 17.0. The zero-order valence-electron chi connectivity index (χ0n) is 13.9. The lowest BCUT2D eigenvalue weighted by Gasteiger charge is -2.27. The molecule has 2 rings (SSSR count). The van der Waals surface area contributed by atoms with Crippen molar-refractivity contribution < 1.29 is 19.2 Å². The molecule has 7 heteroatoms. The molecule has 1 aliphatic rings. The van der Waals surface area contributed by atoms with Crippen molar-refractivity contribution in [3.05, 3.63) is 17.0 Å². The van der Waals surface area contributed by atoms with E-state index >= 15 is 0 Å². The Kier molecular flexibility index (Phi) is 5.63. The SMILES string of the molecule is CCC(NC(=O)NC1CCC(C(=O)O)CC1)c1c(C)noc1C. The van der Waals surface area contributed by atoms with Gasteiger partial charge >= 0.3 is 12.0 Å². The number of aliphatic carboxylic acids is 1. The van der Waals surface area contributed by atoms with Gasteiger partial charge in [-0.05, 0) is 46.0 Å². The van der Waals surface area contributed by atoms with Gasteiger partial charge in [0.15, 0.2) is 0 Å². The van der Waals surface area contributed by atoms with Crippen molar-refractivity contribution in [2.75, 3.05) is 0 Å². The van der Waals surface area contributed by atoms with Crippen LogP contribution in [0.3, 0.4) is 0 Å². The summed E-state index contributed by atoms with van der Waals surface area (Å²) in [4.78, 5) is 23.2. The van der Waals surface area contributed by atoms with E-state index in [2.05, 4.69) is 15.8 Å². The van der Waals surface area contributed by atoms with Gasteiger partial charge in [-0.3, -0.25) is 4.79 Å². The van der Waals surface area contributed by atoms with Gasteiger partial charge in [0.1, 0.15) is 5.76 Å². The molecule has 1 heterocycles. The highest BCUT2D eigenvalue weighted by Crippen LogP contribution is 2.25. The normalized spacial score (nSPS) is 22.4. The van der Waals surface area contributed by atoms with E-state index < -0.39 is 5.97 Å². The Hall–Kier alpha value is -2.05. The van der Waals surface area contributed by atoms with Gasteiger partial charge in [0.05, 0.1) is 17.7 Å². The van der Waals surface area contributed by atoms with Crippen LogP contribution in [0.15, 0.2) is 4.52 Å². The standard InChI is InChI=1S/C16H25N3O4/c1-4-13(14-9(2)19-23-10(14)3)18-16(22)17-12-7-5-11(6-8-12)15(20)21/h11-13H,4-8H2,1-3H3,(H,20,21)(H2,17,18,22). The Morgan fingerprint density at radius 1 is 1.30 bits per heavy atom. The second-order valence-electron chi connectivity index (χ2n) is 6.20. The molecule has 1 aliphatic carbocycles. The quantitative estimate of drug-likeness (QED) is 0.772. The van der Waals surface area contributed by atoms with Crippen LogP contribution in [0.4, 0.5) is 4.79 Å². The maximum Gasteiger partial charge on any atom is 0.315 e. The number of amides is 2. The van der Waals surface area contributed by atoms with Crippen LogP contribution in [0.25, 0.3) is 0 Å². The fourth-order valence-electron chi connectivity index (χ4n) is 3.24. The summed E-state index contributed by atoms with van der Waals surface area (Å²) in [6.45, 7) is 5.70. The van der Waals surface area contributed by atoms with E-state index in [0.717, 1.165) is 23.4 Å². The van der Waals surface area contributed by atoms with Crippen molar-refractivity contribution in [2.45, 2.75) is 65.0 Å². The van der Waals surface area contributed by atoms with Crippen LogP contribution in [0, 0.1) is 19.8 Å². The summed E-state index contributed by atoms with van der Waals surface area (Å²) in [6.07, 6.45) is 3.36. The summed E-state index contributed by atoms with van der Waals surface area (Å²) in [5.41, 5.74) is 1.72. The average Bonchev–Trinajstić information content (AvgIpc) is 2.84. The first-order chi connectivity index (χ1) is 10.9. The van der Waals surface area contributed by atoms with Crippen molar-refractivity contribution in [1.29, 1.82) is 0 Å². The summed E-state index contributed by atoms with van der Waals surface area (Å²) in [6, 6.07) is -0.333. The molecule has 1 fully saturated rings. The van der Waals surface area contributed by atoms with Gasteiger partial charge < -0.3 is 20.3 Å². The Labute approximate surface area is 135 Å². The van der Waals surface area contributed by atoms with Crippen molar-refractivity contribution in [3.63, 3.8) is 0 Å². The number of carboxylic acids is 1. The molecule has 3 N–H and O–H groups in total. The molecular weight excluding hydrogens is 298 g/mol. The van der Waals surface area contributed by atoms with Crippen LogP contribution in [-0.2, 0) is 4.79 Å². The van der Waals surface area contributed by atoms with Crippen molar-refractivity contribution in [3.8, 4) is 0 Å². The molecule has 0 radical (unpaired) electrons. The largest absolute Gasteiger partial charge is 0.481 e. The number of hydrogen-bond acceptors (Lipinski definition) is 4. The number of rotatable bonds is 5. The molecule has 1 aromatic heterocycles. The maximum absolute atomic E-state index is 12.2. The smallest absolute Gasteiger partial charge is 0.315 e. The van der Waals surface area contributed by atoms with Gasteiger partial charge in [-0.25, -0.2) is 4.79 Å². The third-order valence-corrected chi connectivity index (χ3v) is 4.56. The highest BCUT2D eigenvalue weighted by atomic mass is 16.5. The summed E-state index contributed by atoms with van der Waals surface area (Å²) >= 11 is 0. The Bertz CT molecular complexity index is 542. The molecule has 7 nitrogen and oxygen atoms in total. The summed E-state index contributed by atoms with van der Waals surface area (Å²) in [5, 5.41) is 18.8. The fourth-order valence-corrected chi connectivity index (χ4v) is 3.24. The van der Waals surface area contributed by atoms with E-state index in [1.165, 1.54) is 0 Å². The van der Waals surface area contributed by atoms with Crippen molar-refractivity contribution in [1.82, 2.24) is 15.8 Å². The number of aromatic nitrogens is 1. The van der Waals surface area contributed by atoms with E-state index in [0.29, 0.717) is 25.7 Å². The van der Waals surface area contributed by atoms with Gasteiger partial charge in [-0.15, -0.1) is 0 Å². The molecule has 23 heavy (non-hydrogen) atoms. The lowest BCUT2D eigenvalue weighted by atomic mass is 9.86. The minimum atomic E-state index is -0.739. The molecule has 128 valence electrons. The number of nitrogens with zero attached hydrogens (tertiary/aromatic N) is 1. The van der Waals surface area contributed by atoms with Gasteiger partial charge in [-0.2, -0.15) is 0 Å². The highest BCUT2D eigenvalue weighted by molar-refractivity contribution is 5.75. The Morgan fingerprint density at radius 3 is 2.43 bits per heavy atom. The van der Waals surface area contributed by atoms with Crippen LogP contribution in [0.1, 0.15) is 62.1 Å². The first-order valence-corrected chi connectivity index (χ1v) is 8.15. The monoisotopic (exact) mass is 323 g/mol. The van der Waals surface area contributed by atoms with Crippen LogP contribution < -0.4 is 10.6 Å². The number of hydrogen-bond donors (Lipinski definition) is 3. The molecular formula is C16H25N3O4. The molecule has 2 amide bonds. The van der Waals surface area contributed by atoms with Crippen LogP contribution >= 0.6 is 0 Å². The number of aryl methyl sites for hydroxylation is 2. The first kappa shape index (κ1) is 17.3. The molecule has 0 spiro atoms. The molecule has 0 bridgehead atoms. The number of nitrogens with one attached hydrogen (secondary N) is 2. The van der Waals surface area contributed by atoms with Gasteiger partial charge in [0, 0.05) is 11.6 Å². The third kappa shape index (κ3) is 4.24. The number of urea groups is 1. The minimum absolute atomic E-state index is 0.0350. The molecule has 0 aromatic carbocycles. The van der Waals surface area contributed by atoms with Crippen LogP contribution in [0.2, 0.25) is 0 Å². The second-order valence-corrected chi connectivity index (χ2v) is 6.20. The average molecular weight is 323 g/mol. The topological polar surface area (TPSA) is 104 Å². The fraction of sp³-hybridized carbons (Fsp3) is 0.688. The highest BCUT2D eigenvalue weighted by Gasteiger charge is 2.27. The lowest BCUT2D eigenvalue weighted by Crippen LogP contribution is -2.45. The Morgan fingerprint density at radius 2 is 1.96 bits per heavy atom. The first-order valence-electron chi connectivity index (χ1n) is 8.15.